The van der Waals surface area contributed by atoms with Crippen molar-refractivity contribution in [3.8, 4) is 5.75 Å². The summed E-state index contributed by atoms with van der Waals surface area (Å²) in [7, 11) is 1.91. The summed E-state index contributed by atoms with van der Waals surface area (Å²) in [6.45, 7) is 0.800. The normalized spacial score (nSPS) is 17.9. The number of carbonyl (C=O) groups excluding carboxylic acids is 2. The molecule has 1 fully saturated rings. The van der Waals surface area contributed by atoms with E-state index in [-0.39, 0.29) is 36.4 Å². The fourth-order valence-electron chi connectivity index (χ4n) is 6.15. The summed E-state index contributed by atoms with van der Waals surface area (Å²) in [5, 5.41) is 36.0. The van der Waals surface area contributed by atoms with Crippen LogP contribution in [0.3, 0.4) is 0 Å². The zero-order valence-corrected chi connectivity index (χ0v) is 28.9. The molecule has 1 saturated heterocycles. The molecule has 1 aliphatic heterocycles. The molecule has 0 saturated carbocycles. The van der Waals surface area contributed by atoms with Crippen LogP contribution in [-0.4, -0.2) is 58.3 Å². The van der Waals surface area contributed by atoms with Crippen molar-refractivity contribution in [1.29, 1.82) is 0 Å². The molecule has 4 aromatic rings. The van der Waals surface area contributed by atoms with Crippen molar-refractivity contribution in [3.05, 3.63) is 119 Å². The highest BCUT2D eigenvalue weighted by molar-refractivity contribution is 5.93. The SMILES string of the molecule is CN(C[C@H]1C[C@@H](c2ccc(CO)cc2)O[C@@H](c2cccc(NC(=O)CCCCCC(=O)Nc3ccccc3N)c2)O1)C[C@@H](O)c1cccc(O)c1. The Bertz CT molecular complexity index is 1730. The molecule has 5 rings (SSSR count). The summed E-state index contributed by atoms with van der Waals surface area (Å²) in [6.07, 6.45) is 1.22. The number of nitrogens with two attached hydrogens (primary N) is 1. The number of hydrogen-bond acceptors (Lipinski definition) is 9. The van der Waals surface area contributed by atoms with Gasteiger partial charge in [-0.25, -0.2) is 0 Å². The molecule has 11 heteroatoms. The van der Waals surface area contributed by atoms with Gasteiger partial charge in [0, 0.05) is 43.6 Å². The summed E-state index contributed by atoms with van der Waals surface area (Å²) in [5.74, 6) is -0.123. The lowest BCUT2D eigenvalue weighted by Crippen LogP contribution is -2.39. The predicted octanol–water partition coefficient (Wildman–Crippen LogP) is 6.21. The molecule has 1 heterocycles. The van der Waals surface area contributed by atoms with Crippen LogP contribution in [0.15, 0.2) is 97.1 Å². The van der Waals surface area contributed by atoms with Gasteiger partial charge in [0.25, 0.3) is 0 Å². The van der Waals surface area contributed by atoms with E-state index in [2.05, 4.69) is 10.6 Å². The van der Waals surface area contributed by atoms with Crippen LogP contribution >= 0.6 is 0 Å². The molecule has 0 bridgehead atoms. The third-order valence-corrected chi connectivity index (χ3v) is 8.85. The Labute approximate surface area is 299 Å². The average molecular weight is 697 g/mol. The molecular weight excluding hydrogens is 648 g/mol. The molecule has 0 aromatic heterocycles. The predicted molar refractivity (Wildman–Crippen MR) is 197 cm³/mol. The van der Waals surface area contributed by atoms with E-state index in [1.165, 1.54) is 0 Å². The van der Waals surface area contributed by atoms with Gasteiger partial charge in [0.2, 0.25) is 11.8 Å². The van der Waals surface area contributed by atoms with Gasteiger partial charge in [0.1, 0.15) is 5.75 Å². The van der Waals surface area contributed by atoms with Gasteiger partial charge in [-0.2, -0.15) is 0 Å². The number of para-hydroxylation sites is 2. The summed E-state index contributed by atoms with van der Waals surface area (Å²) in [4.78, 5) is 27.1. The quantitative estimate of drug-likeness (QED) is 0.0590. The fraction of sp³-hybridized carbons (Fsp3) is 0.350. The Kier molecular flexibility index (Phi) is 13.6. The summed E-state index contributed by atoms with van der Waals surface area (Å²) < 4.78 is 13.0. The van der Waals surface area contributed by atoms with E-state index < -0.39 is 12.4 Å². The van der Waals surface area contributed by atoms with Crippen LogP contribution in [0.2, 0.25) is 0 Å². The maximum absolute atomic E-state index is 12.8. The van der Waals surface area contributed by atoms with Gasteiger partial charge in [0.15, 0.2) is 6.29 Å². The number of nitrogens with one attached hydrogen (secondary N) is 2. The first-order valence-corrected chi connectivity index (χ1v) is 17.4. The van der Waals surface area contributed by atoms with Gasteiger partial charge in [-0.15, -0.1) is 0 Å². The van der Waals surface area contributed by atoms with Crippen molar-refractivity contribution in [3.63, 3.8) is 0 Å². The Morgan fingerprint density at radius 3 is 2.31 bits per heavy atom. The number of nitrogen functional groups attached to an aromatic ring is 1. The van der Waals surface area contributed by atoms with Crippen molar-refractivity contribution >= 4 is 28.9 Å². The topological polar surface area (TPSA) is 167 Å². The lowest BCUT2D eigenvalue weighted by atomic mass is 9.99. The summed E-state index contributed by atoms with van der Waals surface area (Å²) in [6, 6.07) is 28.8. The van der Waals surface area contributed by atoms with Crippen LogP contribution in [0.5, 0.6) is 5.75 Å². The largest absolute Gasteiger partial charge is 0.508 e. The van der Waals surface area contributed by atoms with E-state index >= 15 is 0 Å². The summed E-state index contributed by atoms with van der Waals surface area (Å²) in [5.41, 5.74) is 10.8. The number of nitrogens with zero attached hydrogens (tertiary/aromatic N) is 1. The van der Waals surface area contributed by atoms with Gasteiger partial charge >= 0.3 is 0 Å². The number of ether oxygens (including phenoxy) is 2. The zero-order valence-electron chi connectivity index (χ0n) is 28.9. The zero-order chi connectivity index (χ0) is 36.2. The third kappa shape index (κ3) is 11.4. The van der Waals surface area contributed by atoms with Crippen molar-refractivity contribution in [2.45, 2.75) is 69.7 Å². The van der Waals surface area contributed by atoms with Crippen LogP contribution in [0, 0.1) is 0 Å². The molecule has 0 radical (unpaired) electrons. The highest BCUT2D eigenvalue weighted by Crippen LogP contribution is 2.39. The van der Waals surface area contributed by atoms with Crippen LogP contribution in [0.1, 0.15) is 79.3 Å². The van der Waals surface area contributed by atoms with Crippen LogP contribution in [0.25, 0.3) is 0 Å². The van der Waals surface area contributed by atoms with Crippen LogP contribution < -0.4 is 16.4 Å². The first kappa shape index (κ1) is 37.5. The Morgan fingerprint density at radius 1 is 0.863 bits per heavy atom. The number of anilines is 3. The number of benzene rings is 4. The molecule has 1 aliphatic rings. The number of amides is 2. The minimum absolute atomic E-state index is 0.0488. The molecular formula is C40H48N4O7. The number of likely N-dealkylation sites (N-methyl/N-ethyl adjacent to an activating group) is 1. The highest BCUT2D eigenvalue weighted by atomic mass is 16.7. The minimum atomic E-state index is -0.793. The lowest BCUT2D eigenvalue weighted by Gasteiger charge is -2.38. The number of phenols is 1. The standard InChI is InChI=1S/C40H48N4O7/c1-44(25-36(47)29-9-8-12-32(46)22-29)24-33-23-37(28-19-17-27(26-45)18-20-28)51-40(50-33)30-10-7-11-31(21-30)42-38(48)15-3-2-4-16-39(49)43-35-14-6-5-13-34(35)41/h5-14,17-22,33,36-37,40,45-47H,2-4,15-16,23-26,41H2,1H3,(H,42,48)(H,43,49)/t33-,36-,37+,40+/m1/s1. The van der Waals surface area contributed by atoms with Gasteiger partial charge in [-0.1, -0.05) is 67.1 Å². The second-order valence-corrected chi connectivity index (χ2v) is 13.1. The highest BCUT2D eigenvalue weighted by Gasteiger charge is 2.33. The average Bonchev–Trinajstić information content (AvgIpc) is 3.12. The first-order valence-electron chi connectivity index (χ1n) is 17.4. The maximum atomic E-state index is 12.8. The van der Waals surface area contributed by atoms with E-state index in [1.807, 2.05) is 72.6 Å². The number of aliphatic hydroxyl groups excluding tert-OH is 2. The molecule has 270 valence electrons. The Hall–Kier alpha value is -4.78. The number of phenolic OH excluding ortho intramolecular Hbond substituents is 1. The fourth-order valence-corrected chi connectivity index (χ4v) is 6.15. The van der Waals surface area contributed by atoms with Crippen LogP contribution in [-0.2, 0) is 25.7 Å². The number of carbonyl (C=O) groups is 2. The molecule has 51 heavy (non-hydrogen) atoms. The Morgan fingerprint density at radius 2 is 1.59 bits per heavy atom. The molecule has 0 unspecified atom stereocenters. The van der Waals surface area contributed by atoms with E-state index in [9.17, 15) is 24.9 Å². The van der Waals surface area contributed by atoms with Gasteiger partial charge in [-0.05, 0) is 73.0 Å². The molecule has 0 aliphatic carbocycles. The lowest BCUT2D eigenvalue weighted by molar-refractivity contribution is -0.252. The van der Waals surface area contributed by atoms with Crippen molar-refractivity contribution in [2.24, 2.45) is 0 Å². The second kappa shape index (κ2) is 18.5. The van der Waals surface area contributed by atoms with E-state index in [0.29, 0.717) is 67.8 Å². The summed E-state index contributed by atoms with van der Waals surface area (Å²) >= 11 is 0. The molecule has 11 nitrogen and oxygen atoms in total. The van der Waals surface area contributed by atoms with Gasteiger partial charge < -0.3 is 46.1 Å². The Balaban J connectivity index is 1.16. The minimum Gasteiger partial charge on any atom is -0.508 e. The first-order chi connectivity index (χ1) is 24.7. The van der Waals surface area contributed by atoms with E-state index in [1.54, 1.807) is 36.4 Å². The molecule has 7 N–H and O–H groups in total. The smallest absolute Gasteiger partial charge is 0.224 e. The number of aromatic hydroxyl groups is 1. The van der Waals surface area contributed by atoms with Crippen molar-refractivity contribution < 1.29 is 34.4 Å². The maximum Gasteiger partial charge on any atom is 0.224 e. The monoisotopic (exact) mass is 696 g/mol. The second-order valence-electron chi connectivity index (χ2n) is 13.1. The molecule has 0 spiro atoms. The number of hydrogen-bond donors (Lipinski definition) is 6. The van der Waals surface area contributed by atoms with Crippen molar-refractivity contribution in [2.75, 3.05) is 36.5 Å². The molecule has 4 aromatic carbocycles. The van der Waals surface area contributed by atoms with Gasteiger partial charge in [0.05, 0.1) is 36.3 Å². The van der Waals surface area contributed by atoms with E-state index in [4.69, 9.17) is 15.2 Å². The number of unbranched alkanes of at least 4 members (excludes halogenated alkanes) is 2. The number of rotatable bonds is 16. The van der Waals surface area contributed by atoms with Gasteiger partial charge in [-0.3, -0.25) is 9.59 Å². The number of aliphatic hydroxyl groups is 2. The van der Waals surface area contributed by atoms with E-state index in [0.717, 1.165) is 23.1 Å². The third-order valence-electron chi connectivity index (χ3n) is 8.85. The van der Waals surface area contributed by atoms with Crippen LogP contribution in [0.4, 0.5) is 17.1 Å². The molecule has 4 atom stereocenters. The molecule has 2 amide bonds. The van der Waals surface area contributed by atoms with Crippen molar-refractivity contribution in [1.82, 2.24) is 4.90 Å².